The molecule has 0 aliphatic heterocycles. The van der Waals surface area contributed by atoms with Crippen molar-refractivity contribution in [3.63, 3.8) is 0 Å². The number of amides is 1. The van der Waals surface area contributed by atoms with Crippen LogP contribution in [0.5, 0.6) is 0 Å². The van der Waals surface area contributed by atoms with E-state index in [0.717, 1.165) is 6.07 Å². The zero-order valence-electron chi connectivity index (χ0n) is 7.17. The Labute approximate surface area is 88.3 Å². The molecule has 0 saturated carbocycles. The summed E-state index contributed by atoms with van der Waals surface area (Å²) < 4.78 is 24.7. The fourth-order valence-corrected chi connectivity index (χ4v) is 1.15. The Morgan fingerprint density at radius 1 is 1.67 bits per heavy atom. The van der Waals surface area contributed by atoms with Crippen molar-refractivity contribution in [2.75, 3.05) is 0 Å². The molecule has 0 radical (unpaired) electrons. The molecule has 0 saturated heterocycles. The van der Waals surface area contributed by atoms with Gasteiger partial charge in [0, 0.05) is 0 Å². The smallest absolute Gasteiger partial charge is 0.268 e. The SMILES string of the molecule is N#Cc1cc(C(F)F)c(Cl)nc1C(N)=O. The van der Waals surface area contributed by atoms with Crippen molar-refractivity contribution in [3.05, 3.63) is 28.0 Å². The van der Waals surface area contributed by atoms with Gasteiger partial charge in [0.05, 0.1) is 11.1 Å². The first-order valence-corrected chi connectivity index (χ1v) is 4.03. The summed E-state index contributed by atoms with van der Waals surface area (Å²) >= 11 is 5.39. The summed E-state index contributed by atoms with van der Waals surface area (Å²) in [6.07, 6.45) is -2.86. The van der Waals surface area contributed by atoms with E-state index in [1.807, 2.05) is 0 Å². The first-order valence-electron chi connectivity index (χ1n) is 3.66. The standard InChI is InChI=1S/C8H4ClF2N3O/c9-6-4(7(10)11)1-3(2-12)5(14-6)8(13)15/h1,7H,(H2,13,15). The molecule has 0 bridgehead atoms. The van der Waals surface area contributed by atoms with Crippen molar-refractivity contribution in [3.8, 4) is 6.07 Å². The van der Waals surface area contributed by atoms with Crippen molar-refractivity contribution in [1.29, 1.82) is 5.26 Å². The number of alkyl halides is 2. The van der Waals surface area contributed by atoms with E-state index in [1.54, 1.807) is 6.07 Å². The lowest BCUT2D eigenvalue weighted by molar-refractivity contribution is 0.0994. The number of rotatable bonds is 2. The van der Waals surface area contributed by atoms with Crippen LogP contribution in [0.4, 0.5) is 8.78 Å². The molecule has 78 valence electrons. The number of nitrogens with zero attached hydrogens (tertiary/aromatic N) is 2. The van der Waals surface area contributed by atoms with Crippen LogP contribution in [0.3, 0.4) is 0 Å². The molecule has 7 heteroatoms. The van der Waals surface area contributed by atoms with Gasteiger partial charge in [0.25, 0.3) is 12.3 Å². The Hall–Kier alpha value is -1.74. The Bertz CT molecular complexity index is 456. The number of carbonyl (C=O) groups is 1. The van der Waals surface area contributed by atoms with Gasteiger partial charge in [0.1, 0.15) is 16.9 Å². The van der Waals surface area contributed by atoms with Crippen LogP contribution < -0.4 is 5.73 Å². The Morgan fingerprint density at radius 3 is 2.67 bits per heavy atom. The maximum atomic E-state index is 12.3. The maximum absolute atomic E-state index is 12.3. The number of nitriles is 1. The van der Waals surface area contributed by atoms with Gasteiger partial charge in [-0.05, 0) is 6.07 Å². The van der Waals surface area contributed by atoms with Gasteiger partial charge in [-0.3, -0.25) is 4.79 Å². The summed E-state index contributed by atoms with van der Waals surface area (Å²) in [7, 11) is 0. The summed E-state index contributed by atoms with van der Waals surface area (Å²) in [5.41, 5.74) is 3.56. The molecule has 0 spiro atoms. The van der Waals surface area contributed by atoms with Crippen molar-refractivity contribution in [1.82, 2.24) is 4.98 Å². The normalized spacial score (nSPS) is 10.1. The molecular formula is C8H4ClF2N3O. The highest BCUT2D eigenvalue weighted by Crippen LogP contribution is 2.27. The van der Waals surface area contributed by atoms with Crippen molar-refractivity contribution in [2.24, 2.45) is 5.73 Å². The monoisotopic (exact) mass is 231 g/mol. The van der Waals surface area contributed by atoms with E-state index in [2.05, 4.69) is 4.98 Å². The molecule has 0 aliphatic carbocycles. The van der Waals surface area contributed by atoms with E-state index in [0.29, 0.717) is 0 Å². The van der Waals surface area contributed by atoms with Gasteiger partial charge in [-0.1, -0.05) is 11.6 Å². The highest BCUT2D eigenvalue weighted by molar-refractivity contribution is 6.30. The van der Waals surface area contributed by atoms with E-state index in [-0.39, 0.29) is 5.56 Å². The molecule has 4 nitrogen and oxygen atoms in total. The highest BCUT2D eigenvalue weighted by atomic mass is 35.5. The number of hydrogen-bond donors (Lipinski definition) is 1. The summed E-state index contributed by atoms with van der Waals surface area (Å²) in [4.78, 5) is 14.1. The molecular weight excluding hydrogens is 228 g/mol. The zero-order chi connectivity index (χ0) is 11.6. The van der Waals surface area contributed by atoms with E-state index in [1.165, 1.54) is 0 Å². The third-order valence-electron chi connectivity index (χ3n) is 1.59. The third kappa shape index (κ3) is 2.19. The maximum Gasteiger partial charge on any atom is 0.268 e. The summed E-state index contributed by atoms with van der Waals surface area (Å²) in [6, 6.07) is 2.35. The second-order valence-corrected chi connectivity index (χ2v) is 2.90. The van der Waals surface area contributed by atoms with Crippen LogP contribution in [-0.4, -0.2) is 10.9 Å². The van der Waals surface area contributed by atoms with Gasteiger partial charge < -0.3 is 5.73 Å². The minimum Gasteiger partial charge on any atom is -0.364 e. The van der Waals surface area contributed by atoms with Crippen LogP contribution >= 0.6 is 11.6 Å². The van der Waals surface area contributed by atoms with Crippen LogP contribution in [0.25, 0.3) is 0 Å². The first-order chi connectivity index (χ1) is 6.97. The van der Waals surface area contributed by atoms with E-state index < -0.39 is 28.7 Å². The average molecular weight is 232 g/mol. The second-order valence-electron chi connectivity index (χ2n) is 2.54. The number of aromatic nitrogens is 1. The third-order valence-corrected chi connectivity index (χ3v) is 1.89. The minimum atomic E-state index is -2.86. The van der Waals surface area contributed by atoms with Crippen LogP contribution in [0, 0.1) is 11.3 Å². The first kappa shape index (κ1) is 11.3. The van der Waals surface area contributed by atoms with Crippen LogP contribution in [-0.2, 0) is 0 Å². The lowest BCUT2D eigenvalue weighted by Gasteiger charge is -2.05. The van der Waals surface area contributed by atoms with Crippen molar-refractivity contribution in [2.45, 2.75) is 6.43 Å². The lowest BCUT2D eigenvalue weighted by Crippen LogP contribution is -2.16. The number of pyridine rings is 1. The number of nitrogens with two attached hydrogens (primary N) is 1. The van der Waals surface area contributed by atoms with Crippen LogP contribution in [0.15, 0.2) is 6.07 Å². The van der Waals surface area contributed by atoms with Gasteiger partial charge in [-0.15, -0.1) is 0 Å². The summed E-state index contributed by atoms with van der Waals surface area (Å²) in [6.45, 7) is 0. The number of hydrogen-bond acceptors (Lipinski definition) is 3. The number of carbonyl (C=O) groups excluding carboxylic acids is 1. The molecule has 1 rings (SSSR count). The minimum absolute atomic E-state index is 0.317. The largest absolute Gasteiger partial charge is 0.364 e. The highest BCUT2D eigenvalue weighted by Gasteiger charge is 2.19. The Balaban J connectivity index is 3.44. The van der Waals surface area contributed by atoms with Crippen LogP contribution in [0.2, 0.25) is 5.15 Å². The van der Waals surface area contributed by atoms with E-state index in [9.17, 15) is 13.6 Å². The number of primary amides is 1. The summed E-state index contributed by atoms with van der Waals surface area (Å²) in [5.74, 6) is -0.991. The second kappa shape index (κ2) is 4.19. The molecule has 1 heterocycles. The quantitative estimate of drug-likeness (QED) is 0.786. The van der Waals surface area contributed by atoms with Gasteiger partial charge in [-0.25, -0.2) is 13.8 Å². The van der Waals surface area contributed by atoms with Crippen molar-refractivity contribution < 1.29 is 13.6 Å². The van der Waals surface area contributed by atoms with Crippen LogP contribution in [0.1, 0.15) is 28.0 Å². The zero-order valence-corrected chi connectivity index (χ0v) is 7.92. The number of halogens is 3. The Kier molecular flexibility index (Phi) is 3.17. The van der Waals surface area contributed by atoms with E-state index in [4.69, 9.17) is 22.6 Å². The molecule has 0 aliphatic rings. The molecule has 1 aromatic heterocycles. The van der Waals surface area contributed by atoms with E-state index >= 15 is 0 Å². The summed E-state index contributed by atoms with van der Waals surface area (Å²) in [5, 5.41) is 8.05. The van der Waals surface area contributed by atoms with Gasteiger partial charge in [-0.2, -0.15) is 5.26 Å². The molecule has 2 N–H and O–H groups in total. The molecule has 15 heavy (non-hydrogen) atoms. The fourth-order valence-electron chi connectivity index (χ4n) is 0.932. The lowest BCUT2D eigenvalue weighted by atomic mass is 10.1. The Morgan fingerprint density at radius 2 is 2.27 bits per heavy atom. The average Bonchev–Trinajstić information content (AvgIpc) is 2.16. The topological polar surface area (TPSA) is 79.8 Å². The van der Waals surface area contributed by atoms with Gasteiger partial charge in [0.2, 0.25) is 0 Å². The van der Waals surface area contributed by atoms with Gasteiger partial charge in [0.15, 0.2) is 0 Å². The molecule has 1 aromatic rings. The molecule has 1 amide bonds. The van der Waals surface area contributed by atoms with Crippen molar-refractivity contribution >= 4 is 17.5 Å². The predicted molar refractivity (Wildman–Crippen MR) is 47.4 cm³/mol. The molecule has 0 atom stereocenters. The molecule has 0 aromatic carbocycles. The molecule has 0 unspecified atom stereocenters. The van der Waals surface area contributed by atoms with Gasteiger partial charge >= 0.3 is 0 Å². The predicted octanol–water partition coefficient (Wildman–Crippen LogP) is 1.64. The molecule has 0 fully saturated rings. The fraction of sp³-hybridized carbons (Fsp3) is 0.125.